The van der Waals surface area contributed by atoms with Crippen LogP contribution in [-0.4, -0.2) is 34.9 Å². The zero-order valence-electron chi connectivity index (χ0n) is 12.2. The topological polar surface area (TPSA) is 69.6 Å². The Morgan fingerprint density at radius 2 is 2.00 bits per heavy atom. The number of rotatable bonds is 2. The van der Waals surface area contributed by atoms with E-state index >= 15 is 0 Å². The average molecular weight is 287 g/mol. The van der Waals surface area contributed by atoms with Crippen molar-refractivity contribution in [2.24, 2.45) is 0 Å². The summed E-state index contributed by atoms with van der Waals surface area (Å²) in [7, 11) is 0. The molecule has 1 amide bonds. The Morgan fingerprint density at radius 3 is 2.67 bits per heavy atom. The van der Waals surface area contributed by atoms with Crippen LogP contribution in [0.25, 0.3) is 0 Å². The number of carbonyl (C=O) groups is 1. The van der Waals surface area contributed by atoms with E-state index in [2.05, 4.69) is 17.2 Å². The number of aliphatic hydroxyl groups excluding tert-OH is 2. The first-order chi connectivity index (χ1) is 10.1. The van der Waals surface area contributed by atoms with Gasteiger partial charge in [0, 0.05) is 17.2 Å². The Bertz CT molecular complexity index is 563. The summed E-state index contributed by atoms with van der Waals surface area (Å²) in [5.74, 6) is 5.31. The fourth-order valence-electron chi connectivity index (χ4n) is 2.62. The molecule has 21 heavy (non-hydrogen) atoms. The molecule has 1 aliphatic rings. The van der Waals surface area contributed by atoms with Gasteiger partial charge in [-0.1, -0.05) is 11.8 Å². The number of benzene rings is 1. The molecule has 4 nitrogen and oxygen atoms in total. The number of nitrogens with one attached hydrogen (secondary N) is 1. The van der Waals surface area contributed by atoms with Crippen LogP contribution in [0, 0.1) is 18.8 Å². The van der Waals surface area contributed by atoms with E-state index in [4.69, 9.17) is 5.11 Å². The average Bonchev–Trinajstić information content (AvgIpc) is 2.47. The predicted octanol–water partition coefficient (Wildman–Crippen LogP) is 1.37. The van der Waals surface area contributed by atoms with Crippen molar-refractivity contribution in [1.82, 2.24) is 5.32 Å². The molecule has 1 aromatic carbocycles. The maximum Gasteiger partial charge on any atom is 0.251 e. The normalized spacial score (nSPS) is 21.3. The summed E-state index contributed by atoms with van der Waals surface area (Å²) in [5.41, 5.74) is 2.28. The molecule has 1 aromatic rings. The van der Waals surface area contributed by atoms with Gasteiger partial charge >= 0.3 is 0 Å². The minimum Gasteiger partial charge on any atom is -0.393 e. The van der Waals surface area contributed by atoms with Crippen molar-refractivity contribution in [3.63, 3.8) is 0 Å². The molecule has 0 aromatic heterocycles. The smallest absolute Gasteiger partial charge is 0.251 e. The van der Waals surface area contributed by atoms with Gasteiger partial charge in [0.2, 0.25) is 0 Å². The summed E-state index contributed by atoms with van der Waals surface area (Å²) in [6, 6.07) is 5.59. The molecule has 0 atom stereocenters. The Balaban J connectivity index is 2.06. The van der Waals surface area contributed by atoms with Gasteiger partial charge in [-0.25, -0.2) is 0 Å². The molecule has 2 rings (SSSR count). The van der Waals surface area contributed by atoms with Gasteiger partial charge in [-0.2, -0.15) is 0 Å². The molecule has 0 bridgehead atoms. The van der Waals surface area contributed by atoms with Crippen LogP contribution in [0.2, 0.25) is 0 Å². The van der Waals surface area contributed by atoms with Crippen molar-refractivity contribution in [3.05, 3.63) is 34.9 Å². The summed E-state index contributed by atoms with van der Waals surface area (Å²) >= 11 is 0. The maximum atomic E-state index is 12.3. The van der Waals surface area contributed by atoms with Gasteiger partial charge in [-0.15, -0.1) is 0 Å². The Labute approximate surface area is 125 Å². The molecular formula is C17H21NO3. The highest BCUT2D eigenvalue weighted by atomic mass is 16.3. The van der Waals surface area contributed by atoms with Gasteiger partial charge in [-0.3, -0.25) is 4.79 Å². The third-order valence-corrected chi connectivity index (χ3v) is 3.68. The SMILES string of the molecule is Cc1cc(C#CCO)cc(C(=O)NC2CCC(O)CC2)c1. The zero-order chi connectivity index (χ0) is 15.2. The second-order valence-electron chi connectivity index (χ2n) is 5.53. The van der Waals surface area contributed by atoms with Crippen molar-refractivity contribution >= 4 is 5.91 Å². The second kappa shape index (κ2) is 7.26. The third kappa shape index (κ3) is 4.59. The number of aliphatic hydroxyl groups is 2. The number of aryl methyl sites for hydroxylation is 1. The first-order valence-corrected chi connectivity index (χ1v) is 7.29. The lowest BCUT2D eigenvalue weighted by molar-refractivity contribution is 0.0867. The summed E-state index contributed by atoms with van der Waals surface area (Å²) in [4.78, 5) is 12.3. The fourth-order valence-corrected chi connectivity index (χ4v) is 2.62. The highest BCUT2D eigenvalue weighted by Crippen LogP contribution is 2.19. The van der Waals surface area contributed by atoms with Gasteiger partial charge in [0.15, 0.2) is 0 Å². The van der Waals surface area contributed by atoms with E-state index in [1.165, 1.54) is 0 Å². The first-order valence-electron chi connectivity index (χ1n) is 7.29. The predicted molar refractivity (Wildman–Crippen MR) is 80.9 cm³/mol. The Kier molecular flexibility index (Phi) is 5.38. The molecule has 4 heteroatoms. The van der Waals surface area contributed by atoms with Crippen molar-refractivity contribution in [2.45, 2.75) is 44.8 Å². The second-order valence-corrected chi connectivity index (χ2v) is 5.53. The molecule has 1 fully saturated rings. The molecule has 0 aliphatic heterocycles. The summed E-state index contributed by atoms with van der Waals surface area (Å²) in [6.07, 6.45) is 2.89. The monoisotopic (exact) mass is 287 g/mol. The molecule has 112 valence electrons. The van der Waals surface area contributed by atoms with Gasteiger partial charge in [0.05, 0.1) is 6.10 Å². The molecule has 0 spiro atoms. The van der Waals surface area contributed by atoms with Crippen LogP contribution in [0.4, 0.5) is 0 Å². The van der Waals surface area contributed by atoms with Crippen molar-refractivity contribution < 1.29 is 15.0 Å². The van der Waals surface area contributed by atoms with Gasteiger partial charge in [-0.05, 0) is 56.4 Å². The molecule has 3 N–H and O–H groups in total. The van der Waals surface area contributed by atoms with E-state index in [0.717, 1.165) is 36.8 Å². The summed E-state index contributed by atoms with van der Waals surface area (Å²) < 4.78 is 0. The van der Waals surface area contributed by atoms with E-state index in [-0.39, 0.29) is 24.7 Å². The lowest BCUT2D eigenvalue weighted by atomic mass is 9.93. The van der Waals surface area contributed by atoms with Crippen molar-refractivity contribution in [1.29, 1.82) is 0 Å². The van der Waals surface area contributed by atoms with Crippen molar-refractivity contribution in [2.75, 3.05) is 6.61 Å². The zero-order valence-corrected chi connectivity index (χ0v) is 12.2. The Morgan fingerprint density at radius 1 is 1.29 bits per heavy atom. The minimum atomic E-state index is -0.225. The van der Waals surface area contributed by atoms with Crippen LogP contribution in [0.1, 0.15) is 47.2 Å². The molecule has 0 heterocycles. The van der Waals surface area contributed by atoms with E-state index in [1.807, 2.05) is 19.1 Å². The van der Waals surface area contributed by atoms with Crippen LogP contribution < -0.4 is 5.32 Å². The van der Waals surface area contributed by atoms with E-state index < -0.39 is 0 Å². The maximum absolute atomic E-state index is 12.3. The fraction of sp³-hybridized carbons (Fsp3) is 0.471. The van der Waals surface area contributed by atoms with Crippen molar-refractivity contribution in [3.8, 4) is 11.8 Å². The van der Waals surface area contributed by atoms with Gasteiger partial charge < -0.3 is 15.5 Å². The molecule has 1 aliphatic carbocycles. The standard InChI is InChI=1S/C17H21NO3/c1-12-9-13(3-2-8-19)11-14(10-12)17(21)18-15-4-6-16(20)7-5-15/h9-11,15-16,19-20H,4-8H2,1H3,(H,18,21). The summed E-state index contributed by atoms with van der Waals surface area (Å²) in [6.45, 7) is 1.72. The van der Waals surface area contributed by atoms with Crippen LogP contribution in [-0.2, 0) is 0 Å². The number of carbonyl (C=O) groups excluding carboxylic acids is 1. The van der Waals surface area contributed by atoms with Crippen LogP contribution in [0.5, 0.6) is 0 Å². The Hall–Kier alpha value is -1.83. The summed E-state index contributed by atoms with van der Waals surface area (Å²) in [5, 5.41) is 21.2. The quantitative estimate of drug-likeness (QED) is 0.720. The van der Waals surface area contributed by atoms with Crippen LogP contribution >= 0.6 is 0 Å². The lowest BCUT2D eigenvalue weighted by Gasteiger charge is -2.26. The molecule has 0 radical (unpaired) electrons. The highest BCUT2D eigenvalue weighted by Gasteiger charge is 2.21. The molecular weight excluding hydrogens is 266 g/mol. The number of hydrogen-bond acceptors (Lipinski definition) is 3. The van der Waals surface area contributed by atoms with Gasteiger partial charge in [0.1, 0.15) is 6.61 Å². The lowest BCUT2D eigenvalue weighted by Crippen LogP contribution is -2.38. The van der Waals surface area contributed by atoms with E-state index in [1.54, 1.807) is 6.07 Å². The van der Waals surface area contributed by atoms with Crippen LogP contribution in [0.15, 0.2) is 18.2 Å². The van der Waals surface area contributed by atoms with Gasteiger partial charge in [0.25, 0.3) is 5.91 Å². The van der Waals surface area contributed by atoms with E-state index in [9.17, 15) is 9.90 Å². The molecule has 0 saturated heterocycles. The highest BCUT2D eigenvalue weighted by molar-refractivity contribution is 5.95. The first kappa shape index (κ1) is 15.6. The number of amides is 1. The molecule has 0 unspecified atom stereocenters. The van der Waals surface area contributed by atoms with Crippen LogP contribution in [0.3, 0.4) is 0 Å². The van der Waals surface area contributed by atoms with E-state index in [0.29, 0.717) is 5.56 Å². The largest absolute Gasteiger partial charge is 0.393 e. The number of hydrogen-bond donors (Lipinski definition) is 3. The molecule has 1 saturated carbocycles. The minimum absolute atomic E-state index is 0.105. The third-order valence-electron chi connectivity index (χ3n) is 3.68.